The maximum Gasteiger partial charge on any atom is 0.161 e. The largest absolute Gasteiger partial charge is 0.486 e. The minimum atomic E-state index is 0.185. The summed E-state index contributed by atoms with van der Waals surface area (Å²) >= 11 is 0. The SMILES string of the molecule is C=C1CC(c2ccc3c(c2)OCCO3)CC1=O. The molecule has 1 aliphatic heterocycles. The second-order valence-corrected chi connectivity index (χ2v) is 4.53. The zero-order chi connectivity index (χ0) is 11.8. The number of carbonyl (C=O) groups excluding carboxylic acids is 1. The van der Waals surface area contributed by atoms with Crippen molar-refractivity contribution < 1.29 is 14.3 Å². The molecule has 1 aromatic rings. The van der Waals surface area contributed by atoms with E-state index in [1.807, 2.05) is 18.2 Å². The van der Waals surface area contributed by atoms with Crippen LogP contribution in [0.25, 0.3) is 0 Å². The standard InChI is InChI=1S/C14H14O3/c1-9-6-11(7-12(9)15)10-2-3-13-14(8-10)17-5-4-16-13/h2-3,8,11H,1,4-7H2. The van der Waals surface area contributed by atoms with E-state index in [0.29, 0.717) is 19.6 Å². The fraction of sp³-hybridized carbons (Fsp3) is 0.357. The molecule has 1 heterocycles. The zero-order valence-corrected chi connectivity index (χ0v) is 9.57. The number of hydrogen-bond donors (Lipinski definition) is 0. The summed E-state index contributed by atoms with van der Waals surface area (Å²) in [5.41, 5.74) is 1.88. The molecule has 0 radical (unpaired) electrons. The van der Waals surface area contributed by atoms with Gasteiger partial charge in [-0.15, -0.1) is 0 Å². The van der Waals surface area contributed by atoms with E-state index < -0.39 is 0 Å². The summed E-state index contributed by atoms with van der Waals surface area (Å²) in [4.78, 5) is 11.5. The molecule has 3 rings (SSSR count). The Labute approximate surface area is 100 Å². The molecule has 17 heavy (non-hydrogen) atoms. The molecule has 0 saturated heterocycles. The van der Waals surface area contributed by atoms with Gasteiger partial charge in [0.2, 0.25) is 0 Å². The van der Waals surface area contributed by atoms with Gasteiger partial charge < -0.3 is 9.47 Å². The first-order valence-corrected chi connectivity index (χ1v) is 5.84. The molecule has 0 aromatic heterocycles. The molecule has 0 spiro atoms. The van der Waals surface area contributed by atoms with Crippen LogP contribution in [0.1, 0.15) is 24.3 Å². The van der Waals surface area contributed by atoms with Crippen LogP contribution >= 0.6 is 0 Å². The van der Waals surface area contributed by atoms with Crippen LogP contribution in [-0.2, 0) is 4.79 Å². The molecule has 3 nitrogen and oxygen atoms in total. The highest BCUT2D eigenvalue weighted by Crippen LogP contribution is 2.39. The molecule has 3 heteroatoms. The molecule has 0 N–H and O–H groups in total. The highest BCUT2D eigenvalue weighted by Gasteiger charge is 2.27. The monoisotopic (exact) mass is 230 g/mol. The third kappa shape index (κ3) is 1.82. The summed E-state index contributed by atoms with van der Waals surface area (Å²) in [5.74, 6) is 2.03. The molecule has 1 saturated carbocycles. The maximum absolute atomic E-state index is 11.5. The number of fused-ring (bicyclic) bond motifs is 1. The van der Waals surface area contributed by atoms with Crippen LogP contribution in [-0.4, -0.2) is 19.0 Å². The Morgan fingerprint density at radius 3 is 2.59 bits per heavy atom. The number of allylic oxidation sites excluding steroid dienone is 1. The molecule has 88 valence electrons. The van der Waals surface area contributed by atoms with Gasteiger partial charge in [0.1, 0.15) is 13.2 Å². The topological polar surface area (TPSA) is 35.5 Å². The van der Waals surface area contributed by atoms with Gasteiger partial charge in [-0.1, -0.05) is 12.6 Å². The van der Waals surface area contributed by atoms with Crippen LogP contribution in [0.5, 0.6) is 11.5 Å². The molecule has 1 aliphatic carbocycles. The minimum Gasteiger partial charge on any atom is -0.486 e. The van der Waals surface area contributed by atoms with E-state index in [1.54, 1.807) is 0 Å². The molecule has 0 bridgehead atoms. The van der Waals surface area contributed by atoms with Crippen molar-refractivity contribution in [1.82, 2.24) is 0 Å². The van der Waals surface area contributed by atoms with Gasteiger partial charge in [0.15, 0.2) is 17.3 Å². The first kappa shape index (κ1) is 10.4. The summed E-state index contributed by atoms with van der Waals surface area (Å²) in [6.07, 6.45) is 1.33. The van der Waals surface area contributed by atoms with Crippen LogP contribution in [0.15, 0.2) is 30.4 Å². The highest BCUT2D eigenvalue weighted by molar-refractivity contribution is 5.97. The van der Waals surface area contributed by atoms with E-state index >= 15 is 0 Å². The summed E-state index contributed by atoms with van der Waals surface area (Å²) in [7, 11) is 0. The number of benzene rings is 1. The van der Waals surface area contributed by atoms with Crippen LogP contribution in [0.3, 0.4) is 0 Å². The Balaban J connectivity index is 1.89. The van der Waals surface area contributed by atoms with Crippen molar-refractivity contribution in [3.8, 4) is 11.5 Å². The second kappa shape index (κ2) is 3.91. The molecule has 1 unspecified atom stereocenters. The lowest BCUT2D eigenvalue weighted by molar-refractivity contribution is -0.114. The minimum absolute atomic E-state index is 0.185. The van der Waals surface area contributed by atoms with Gasteiger partial charge in [-0.2, -0.15) is 0 Å². The number of ether oxygens (including phenoxy) is 2. The second-order valence-electron chi connectivity index (χ2n) is 4.53. The Hall–Kier alpha value is -1.77. The lowest BCUT2D eigenvalue weighted by atomic mass is 9.97. The zero-order valence-electron chi connectivity index (χ0n) is 9.57. The smallest absolute Gasteiger partial charge is 0.161 e. The van der Waals surface area contributed by atoms with Crippen molar-refractivity contribution in [3.05, 3.63) is 35.9 Å². The van der Waals surface area contributed by atoms with Crippen LogP contribution in [0.4, 0.5) is 0 Å². The van der Waals surface area contributed by atoms with Crippen LogP contribution < -0.4 is 9.47 Å². The fourth-order valence-electron chi connectivity index (χ4n) is 2.40. The van der Waals surface area contributed by atoms with E-state index in [4.69, 9.17) is 9.47 Å². The number of carbonyl (C=O) groups is 1. The first-order chi connectivity index (χ1) is 8.24. The van der Waals surface area contributed by atoms with E-state index in [-0.39, 0.29) is 11.7 Å². The third-order valence-electron chi connectivity index (χ3n) is 3.36. The molecule has 1 atom stereocenters. The van der Waals surface area contributed by atoms with E-state index in [0.717, 1.165) is 29.1 Å². The predicted octanol–water partition coefficient (Wildman–Crippen LogP) is 2.46. The Morgan fingerprint density at radius 2 is 1.88 bits per heavy atom. The molecule has 1 fully saturated rings. The van der Waals surface area contributed by atoms with Crippen molar-refractivity contribution in [2.45, 2.75) is 18.8 Å². The lowest BCUT2D eigenvalue weighted by Crippen LogP contribution is -2.15. The third-order valence-corrected chi connectivity index (χ3v) is 3.36. The van der Waals surface area contributed by atoms with Gasteiger partial charge in [-0.25, -0.2) is 0 Å². The molecular weight excluding hydrogens is 216 g/mol. The molecule has 0 amide bonds. The first-order valence-electron chi connectivity index (χ1n) is 5.84. The molecular formula is C14H14O3. The van der Waals surface area contributed by atoms with Gasteiger partial charge in [0.25, 0.3) is 0 Å². The van der Waals surface area contributed by atoms with Crippen molar-refractivity contribution in [2.75, 3.05) is 13.2 Å². The quantitative estimate of drug-likeness (QED) is 0.695. The Bertz CT molecular complexity index is 474. The average molecular weight is 230 g/mol. The van der Waals surface area contributed by atoms with Crippen LogP contribution in [0.2, 0.25) is 0 Å². The Morgan fingerprint density at radius 1 is 1.12 bits per heavy atom. The van der Waals surface area contributed by atoms with Crippen molar-refractivity contribution >= 4 is 5.78 Å². The van der Waals surface area contributed by atoms with Crippen LogP contribution in [0, 0.1) is 0 Å². The fourth-order valence-corrected chi connectivity index (χ4v) is 2.40. The van der Waals surface area contributed by atoms with E-state index in [2.05, 4.69) is 6.58 Å². The lowest BCUT2D eigenvalue weighted by Gasteiger charge is -2.20. The Kier molecular flexibility index (Phi) is 2.39. The number of hydrogen-bond acceptors (Lipinski definition) is 3. The maximum atomic E-state index is 11.5. The highest BCUT2D eigenvalue weighted by atomic mass is 16.6. The molecule has 2 aliphatic rings. The van der Waals surface area contributed by atoms with Gasteiger partial charge in [-0.05, 0) is 35.6 Å². The number of ketones is 1. The van der Waals surface area contributed by atoms with E-state index in [9.17, 15) is 4.79 Å². The average Bonchev–Trinajstić information content (AvgIpc) is 2.69. The number of Topliss-reactive ketones (excluding diaryl/α,β-unsaturated/α-hetero) is 1. The summed E-state index contributed by atoms with van der Waals surface area (Å²) in [6, 6.07) is 5.94. The van der Waals surface area contributed by atoms with Crippen molar-refractivity contribution in [2.24, 2.45) is 0 Å². The summed E-state index contributed by atoms with van der Waals surface area (Å²) < 4.78 is 11.0. The predicted molar refractivity (Wildman–Crippen MR) is 63.6 cm³/mol. The molecule has 1 aromatic carbocycles. The summed E-state index contributed by atoms with van der Waals surface area (Å²) in [5, 5.41) is 0. The van der Waals surface area contributed by atoms with Gasteiger partial charge in [0.05, 0.1) is 0 Å². The van der Waals surface area contributed by atoms with Gasteiger partial charge >= 0.3 is 0 Å². The van der Waals surface area contributed by atoms with Crippen molar-refractivity contribution in [3.63, 3.8) is 0 Å². The van der Waals surface area contributed by atoms with Crippen molar-refractivity contribution in [1.29, 1.82) is 0 Å². The van der Waals surface area contributed by atoms with E-state index in [1.165, 1.54) is 0 Å². The normalized spacial score (nSPS) is 22.9. The summed E-state index contributed by atoms with van der Waals surface area (Å²) in [6.45, 7) is 4.99. The van der Waals surface area contributed by atoms with Gasteiger partial charge in [0, 0.05) is 6.42 Å². The van der Waals surface area contributed by atoms with Gasteiger partial charge in [-0.3, -0.25) is 4.79 Å². The number of rotatable bonds is 1.